The van der Waals surface area contributed by atoms with Crippen molar-refractivity contribution in [3.63, 3.8) is 0 Å². The monoisotopic (exact) mass is 196 g/mol. The van der Waals surface area contributed by atoms with E-state index >= 15 is 0 Å². The third-order valence-corrected chi connectivity index (χ3v) is 3.86. The van der Waals surface area contributed by atoms with E-state index in [1.54, 1.807) is 0 Å². The van der Waals surface area contributed by atoms with Crippen molar-refractivity contribution in [1.29, 1.82) is 0 Å². The fourth-order valence-corrected chi connectivity index (χ4v) is 2.86. The lowest BCUT2D eigenvalue weighted by molar-refractivity contribution is 1.31. The van der Waals surface area contributed by atoms with Crippen molar-refractivity contribution in [3.8, 4) is 0 Å². The molecule has 2 heteroatoms. The lowest BCUT2D eigenvalue weighted by Gasteiger charge is -2.01. The standard InChI is InChI=1S/C10H12S2/c1-3-8-11-12-10-7-5-4-6-9(10)2/h3-7H,1,8H2,2H3. The van der Waals surface area contributed by atoms with Gasteiger partial charge in [-0.15, -0.1) is 6.58 Å². The van der Waals surface area contributed by atoms with Gasteiger partial charge in [0.1, 0.15) is 0 Å². The van der Waals surface area contributed by atoms with Crippen molar-refractivity contribution in [3.05, 3.63) is 42.5 Å². The van der Waals surface area contributed by atoms with Crippen LogP contribution < -0.4 is 0 Å². The van der Waals surface area contributed by atoms with Gasteiger partial charge in [-0.05, 0) is 18.6 Å². The van der Waals surface area contributed by atoms with E-state index in [2.05, 4.69) is 37.8 Å². The van der Waals surface area contributed by atoms with Crippen molar-refractivity contribution in [2.75, 3.05) is 5.75 Å². The van der Waals surface area contributed by atoms with Crippen molar-refractivity contribution in [2.45, 2.75) is 11.8 Å². The lowest BCUT2D eigenvalue weighted by Crippen LogP contribution is -1.75. The summed E-state index contributed by atoms with van der Waals surface area (Å²) >= 11 is 0. The van der Waals surface area contributed by atoms with Crippen molar-refractivity contribution < 1.29 is 0 Å². The Hall–Kier alpha value is -0.340. The SMILES string of the molecule is C=CCSSc1ccccc1C. The Balaban J connectivity index is 2.51. The van der Waals surface area contributed by atoms with Crippen LogP contribution in [-0.2, 0) is 0 Å². The molecular weight excluding hydrogens is 184 g/mol. The molecular formula is C10H12S2. The third kappa shape index (κ3) is 2.95. The minimum absolute atomic E-state index is 0.999. The van der Waals surface area contributed by atoms with Crippen LogP contribution in [0, 0.1) is 6.92 Å². The molecule has 0 spiro atoms. The maximum atomic E-state index is 3.68. The molecule has 0 saturated carbocycles. The smallest absolute Gasteiger partial charge is 0.0218 e. The number of benzene rings is 1. The van der Waals surface area contributed by atoms with E-state index in [4.69, 9.17) is 0 Å². The second-order valence-electron chi connectivity index (χ2n) is 2.42. The second-order valence-corrected chi connectivity index (χ2v) is 4.80. The number of hydrogen-bond acceptors (Lipinski definition) is 2. The van der Waals surface area contributed by atoms with Gasteiger partial charge in [-0.25, -0.2) is 0 Å². The molecule has 64 valence electrons. The largest absolute Gasteiger partial charge is 0.102 e. The van der Waals surface area contributed by atoms with Gasteiger partial charge in [0, 0.05) is 10.6 Å². The number of rotatable bonds is 4. The highest BCUT2D eigenvalue weighted by molar-refractivity contribution is 8.76. The van der Waals surface area contributed by atoms with Gasteiger partial charge in [-0.1, -0.05) is 45.9 Å². The molecule has 0 saturated heterocycles. The maximum absolute atomic E-state index is 3.68. The highest BCUT2D eigenvalue weighted by Crippen LogP contribution is 2.32. The topological polar surface area (TPSA) is 0 Å². The van der Waals surface area contributed by atoms with Crippen LogP contribution in [0.5, 0.6) is 0 Å². The zero-order valence-corrected chi connectivity index (χ0v) is 8.75. The van der Waals surface area contributed by atoms with E-state index in [1.807, 2.05) is 27.7 Å². The molecule has 0 radical (unpaired) electrons. The molecule has 0 fully saturated rings. The Kier molecular flexibility index (Phi) is 4.33. The quantitative estimate of drug-likeness (QED) is 0.406. The zero-order valence-electron chi connectivity index (χ0n) is 7.12. The predicted octanol–water partition coefficient (Wildman–Crippen LogP) is 3.92. The third-order valence-electron chi connectivity index (χ3n) is 1.43. The summed E-state index contributed by atoms with van der Waals surface area (Å²) in [6.07, 6.45) is 1.93. The van der Waals surface area contributed by atoms with Crippen LogP contribution in [0.25, 0.3) is 0 Å². The van der Waals surface area contributed by atoms with Gasteiger partial charge in [0.2, 0.25) is 0 Å². The van der Waals surface area contributed by atoms with Gasteiger partial charge in [0.05, 0.1) is 0 Å². The van der Waals surface area contributed by atoms with E-state index < -0.39 is 0 Å². The molecule has 0 bridgehead atoms. The Labute approximate surface area is 81.8 Å². The Morgan fingerprint density at radius 1 is 1.42 bits per heavy atom. The van der Waals surface area contributed by atoms with E-state index in [-0.39, 0.29) is 0 Å². The van der Waals surface area contributed by atoms with E-state index in [0.717, 1.165) is 5.75 Å². The van der Waals surface area contributed by atoms with Gasteiger partial charge < -0.3 is 0 Å². The minimum Gasteiger partial charge on any atom is -0.102 e. The predicted molar refractivity (Wildman–Crippen MR) is 59.7 cm³/mol. The molecule has 0 N–H and O–H groups in total. The molecule has 0 nitrogen and oxygen atoms in total. The van der Waals surface area contributed by atoms with Crippen LogP contribution in [0.15, 0.2) is 41.8 Å². The van der Waals surface area contributed by atoms with Crippen LogP contribution in [-0.4, -0.2) is 5.75 Å². The van der Waals surface area contributed by atoms with Crippen molar-refractivity contribution >= 4 is 21.6 Å². The molecule has 0 amide bonds. The fraction of sp³-hybridized carbons (Fsp3) is 0.200. The first-order valence-electron chi connectivity index (χ1n) is 3.80. The molecule has 0 aliphatic carbocycles. The fourth-order valence-electron chi connectivity index (χ4n) is 0.796. The van der Waals surface area contributed by atoms with Crippen molar-refractivity contribution in [1.82, 2.24) is 0 Å². The lowest BCUT2D eigenvalue weighted by atomic mass is 10.2. The first-order valence-corrected chi connectivity index (χ1v) is 6.12. The molecule has 1 aromatic rings. The maximum Gasteiger partial charge on any atom is 0.0218 e. The molecule has 0 atom stereocenters. The second kappa shape index (κ2) is 5.33. The van der Waals surface area contributed by atoms with E-state index in [0.29, 0.717) is 0 Å². The van der Waals surface area contributed by atoms with Gasteiger partial charge in [-0.3, -0.25) is 0 Å². The highest BCUT2D eigenvalue weighted by atomic mass is 33.1. The van der Waals surface area contributed by atoms with Gasteiger partial charge in [0.25, 0.3) is 0 Å². The molecule has 0 aliphatic heterocycles. The Bertz CT molecular complexity index is 256. The van der Waals surface area contributed by atoms with Gasteiger partial charge in [-0.2, -0.15) is 0 Å². The van der Waals surface area contributed by atoms with Crippen LogP contribution >= 0.6 is 21.6 Å². The highest BCUT2D eigenvalue weighted by Gasteiger charge is 1.95. The molecule has 1 rings (SSSR count). The minimum atomic E-state index is 0.999. The Morgan fingerprint density at radius 3 is 2.83 bits per heavy atom. The van der Waals surface area contributed by atoms with Crippen LogP contribution in [0.2, 0.25) is 0 Å². The summed E-state index contributed by atoms with van der Waals surface area (Å²) in [5.74, 6) is 0.999. The molecule has 0 aliphatic rings. The summed E-state index contributed by atoms with van der Waals surface area (Å²) < 4.78 is 0. The van der Waals surface area contributed by atoms with Crippen LogP contribution in [0.3, 0.4) is 0 Å². The summed E-state index contributed by atoms with van der Waals surface area (Å²) in [4.78, 5) is 1.35. The molecule has 1 aromatic carbocycles. The summed E-state index contributed by atoms with van der Waals surface area (Å²) in [5.41, 5.74) is 1.35. The molecule has 0 aromatic heterocycles. The summed E-state index contributed by atoms with van der Waals surface area (Å²) in [5, 5.41) is 0. The van der Waals surface area contributed by atoms with E-state index in [1.165, 1.54) is 10.5 Å². The van der Waals surface area contributed by atoms with Gasteiger partial charge >= 0.3 is 0 Å². The van der Waals surface area contributed by atoms with Crippen molar-refractivity contribution in [2.24, 2.45) is 0 Å². The first-order chi connectivity index (χ1) is 5.84. The Morgan fingerprint density at radius 2 is 2.17 bits per heavy atom. The molecule has 0 unspecified atom stereocenters. The number of hydrogen-bond donors (Lipinski definition) is 0. The summed E-state index contributed by atoms with van der Waals surface area (Å²) in [6, 6.07) is 8.42. The zero-order chi connectivity index (χ0) is 8.81. The average Bonchev–Trinajstić information content (AvgIpc) is 2.09. The first kappa shape index (κ1) is 9.75. The molecule has 0 heterocycles. The normalized spacial score (nSPS) is 9.75. The summed E-state index contributed by atoms with van der Waals surface area (Å²) in [6.45, 7) is 5.82. The molecule has 12 heavy (non-hydrogen) atoms. The van der Waals surface area contributed by atoms with Crippen LogP contribution in [0.1, 0.15) is 5.56 Å². The average molecular weight is 196 g/mol. The summed E-state index contributed by atoms with van der Waals surface area (Å²) in [7, 11) is 3.64. The number of aryl methyl sites for hydroxylation is 1. The van der Waals surface area contributed by atoms with Crippen LogP contribution in [0.4, 0.5) is 0 Å². The van der Waals surface area contributed by atoms with Gasteiger partial charge in [0.15, 0.2) is 0 Å². The van der Waals surface area contributed by atoms with E-state index in [9.17, 15) is 0 Å².